The molecule has 3 heteroatoms. The van der Waals surface area contributed by atoms with Crippen molar-refractivity contribution in [3.05, 3.63) is 77.4 Å². The standard InChI is InChI=1S/C22H22O3/c1-14-4-10-21(23)19(12-14)20-13-17(7-11-22(20)24)15(2)16-5-8-18(25-3)9-6-16/h4-13,15,23-24H,1-3H3. The van der Waals surface area contributed by atoms with Crippen molar-refractivity contribution in [3.63, 3.8) is 0 Å². The van der Waals surface area contributed by atoms with E-state index in [1.165, 1.54) is 0 Å². The van der Waals surface area contributed by atoms with Gasteiger partial charge in [-0.25, -0.2) is 0 Å². The highest BCUT2D eigenvalue weighted by Crippen LogP contribution is 2.38. The van der Waals surface area contributed by atoms with Crippen LogP contribution in [0, 0.1) is 6.92 Å². The van der Waals surface area contributed by atoms with Gasteiger partial charge in [-0.2, -0.15) is 0 Å². The fourth-order valence-electron chi connectivity index (χ4n) is 2.99. The molecule has 0 saturated carbocycles. The first-order valence-corrected chi connectivity index (χ1v) is 8.26. The number of aromatic hydroxyl groups is 2. The van der Waals surface area contributed by atoms with Crippen LogP contribution in [-0.2, 0) is 0 Å². The average molecular weight is 334 g/mol. The zero-order valence-electron chi connectivity index (χ0n) is 14.7. The maximum absolute atomic E-state index is 10.3. The molecule has 0 fully saturated rings. The zero-order chi connectivity index (χ0) is 18.0. The molecule has 0 saturated heterocycles. The fourth-order valence-corrected chi connectivity index (χ4v) is 2.99. The molecule has 3 aromatic rings. The van der Waals surface area contributed by atoms with Gasteiger partial charge >= 0.3 is 0 Å². The van der Waals surface area contributed by atoms with Crippen LogP contribution in [0.15, 0.2) is 60.7 Å². The number of hydrogen-bond acceptors (Lipinski definition) is 3. The molecule has 25 heavy (non-hydrogen) atoms. The van der Waals surface area contributed by atoms with E-state index >= 15 is 0 Å². The second kappa shape index (κ2) is 6.89. The van der Waals surface area contributed by atoms with Gasteiger partial charge in [-0.1, -0.05) is 36.8 Å². The van der Waals surface area contributed by atoms with Crippen LogP contribution in [0.2, 0.25) is 0 Å². The van der Waals surface area contributed by atoms with Crippen LogP contribution in [0.25, 0.3) is 11.1 Å². The second-order valence-corrected chi connectivity index (χ2v) is 6.29. The normalized spacial score (nSPS) is 12.0. The number of hydrogen-bond donors (Lipinski definition) is 2. The van der Waals surface area contributed by atoms with Crippen molar-refractivity contribution >= 4 is 0 Å². The molecular weight excluding hydrogens is 312 g/mol. The molecular formula is C22H22O3. The van der Waals surface area contributed by atoms with Gasteiger partial charge in [0.05, 0.1) is 7.11 Å². The van der Waals surface area contributed by atoms with Crippen molar-refractivity contribution in [2.24, 2.45) is 0 Å². The highest BCUT2D eigenvalue weighted by molar-refractivity contribution is 5.76. The van der Waals surface area contributed by atoms with Gasteiger partial charge in [0.15, 0.2) is 0 Å². The third kappa shape index (κ3) is 3.45. The summed E-state index contributed by atoms with van der Waals surface area (Å²) in [7, 11) is 1.65. The van der Waals surface area contributed by atoms with Gasteiger partial charge in [0.2, 0.25) is 0 Å². The van der Waals surface area contributed by atoms with E-state index in [1.807, 2.05) is 55.5 Å². The second-order valence-electron chi connectivity index (χ2n) is 6.29. The highest BCUT2D eigenvalue weighted by Gasteiger charge is 2.14. The first kappa shape index (κ1) is 16.9. The predicted octanol–water partition coefficient (Wildman–Crippen LogP) is 5.23. The summed E-state index contributed by atoms with van der Waals surface area (Å²) in [5.41, 5.74) is 4.53. The first-order valence-electron chi connectivity index (χ1n) is 8.26. The predicted molar refractivity (Wildman–Crippen MR) is 100 cm³/mol. The molecule has 0 amide bonds. The van der Waals surface area contributed by atoms with E-state index in [-0.39, 0.29) is 17.4 Å². The summed E-state index contributed by atoms with van der Waals surface area (Å²) in [5.74, 6) is 1.30. The Hall–Kier alpha value is -2.94. The van der Waals surface area contributed by atoms with Gasteiger partial charge in [0.1, 0.15) is 17.2 Å². The SMILES string of the molecule is COc1ccc(C(C)c2ccc(O)c(-c3cc(C)ccc3O)c2)cc1. The fraction of sp³-hybridized carbons (Fsp3) is 0.182. The van der Waals surface area contributed by atoms with Crippen molar-refractivity contribution in [1.29, 1.82) is 0 Å². The van der Waals surface area contributed by atoms with Crippen LogP contribution < -0.4 is 4.74 Å². The van der Waals surface area contributed by atoms with Crippen LogP contribution in [0.1, 0.15) is 29.5 Å². The number of ether oxygens (including phenoxy) is 1. The Morgan fingerprint density at radius 1 is 0.760 bits per heavy atom. The molecule has 0 aliphatic carbocycles. The lowest BCUT2D eigenvalue weighted by Gasteiger charge is -2.16. The molecule has 0 bridgehead atoms. The largest absolute Gasteiger partial charge is 0.507 e. The number of methoxy groups -OCH3 is 1. The van der Waals surface area contributed by atoms with Gasteiger partial charge in [0, 0.05) is 17.0 Å². The lowest BCUT2D eigenvalue weighted by molar-refractivity contribution is 0.414. The van der Waals surface area contributed by atoms with Crippen molar-refractivity contribution in [2.45, 2.75) is 19.8 Å². The van der Waals surface area contributed by atoms with Crippen LogP contribution in [0.5, 0.6) is 17.2 Å². The van der Waals surface area contributed by atoms with E-state index in [0.29, 0.717) is 11.1 Å². The molecule has 0 radical (unpaired) electrons. The molecule has 128 valence electrons. The quantitative estimate of drug-likeness (QED) is 0.686. The number of benzene rings is 3. The summed E-state index contributed by atoms with van der Waals surface area (Å²) in [6.45, 7) is 4.08. The number of rotatable bonds is 4. The minimum absolute atomic E-state index is 0.150. The van der Waals surface area contributed by atoms with Crippen LogP contribution in [-0.4, -0.2) is 17.3 Å². The van der Waals surface area contributed by atoms with Gasteiger partial charge in [0.25, 0.3) is 0 Å². The van der Waals surface area contributed by atoms with Crippen molar-refractivity contribution in [1.82, 2.24) is 0 Å². The van der Waals surface area contributed by atoms with Crippen molar-refractivity contribution in [3.8, 4) is 28.4 Å². The Balaban J connectivity index is 2.02. The van der Waals surface area contributed by atoms with E-state index < -0.39 is 0 Å². The zero-order valence-corrected chi connectivity index (χ0v) is 14.7. The average Bonchev–Trinajstić information content (AvgIpc) is 2.64. The van der Waals surface area contributed by atoms with E-state index in [4.69, 9.17) is 4.74 Å². The third-order valence-corrected chi connectivity index (χ3v) is 4.58. The first-order chi connectivity index (χ1) is 12.0. The molecule has 0 heterocycles. The van der Waals surface area contributed by atoms with E-state index in [9.17, 15) is 10.2 Å². The maximum Gasteiger partial charge on any atom is 0.123 e. The number of phenolic OH excluding ortho intramolecular Hbond substituents is 2. The number of aryl methyl sites for hydroxylation is 1. The molecule has 0 aliphatic heterocycles. The summed E-state index contributed by atoms with van der Waals surface area (Å²) in [4.78, 5) is 0. The van der Waals surface area contributed by atoms with E-state index in [0.717, 1.165) is 22.4 Å². The van der Waals surface area contributed by atoms with Gasteiger partial charge < -0.3 is 14.9 Å². The topological polar surface area (TPSA) is 49.7 Å². The monoisotopic (exact) mass is 334 g/mol. The Morgan fingerprint density at radius 2 is 1.32 bits per heavy atom. The van der Waals surface area contributed by atoms with Gasteiger partial charge in [-0.3, -0.25) is 0 Å². The van der Waals surface area contributed by atoms with Gasteiger partial charge in [-0.15, -0.1) is 0 Å². The molecule has 0 aromatic heterocycles. The van der Waals surface area contributed by atoms with E-state index in [2.05, 4.69) is 6.92 Å². The Labute approximate surface area is 148 Å². The molecule has 2 N–H and O–H groups in total. The van der Waals surface area contributed by atoms with E-state index in [1.54, 1.807) is 19.2 Å². The van der Waals surface area contributed by atoms with Crippen LogP contribution in [0.4, 0.5) is 0 Å². The molecule has 1 atom stereocenters. The molecule has 0 aliphatic rings. The summed E-state index contributed by atoms with van der Waals surface area (Å²) in [6.07, 6.45) is 0. The van der Waals surface area contributed by atoms with Crippen LogP contribution >= 0.6 is 0 Å². The van der Waals surface area contributed by atoms with Crippen molar-refractivity contribution in [2.75, 3.05) is 7.11 Å². The Bertz CT molecular complexity index is 882. The molecule has 3 rings (SSSR count). The minimum atomic E-state index is 0.150. The summed E-state index contributed by atoms with van der Waals surface area (Å²) in [5, 5.41) is 20.5. The lowest BCUT2D eigenvalue weighted by atomic mass is 9.90. The van der Waals surface area contributed by atoms with Crippen molar-refractivity contribution < 1.29 is 14.9 Å². The summed E-state index contributed by atoms with van der Waals surface area (Å²) >= 11 is 0. The molecule has 0 spiro atoms. The smallest absolute Gasteiger partial charge is 0.123 e. The Kier molecular flexibility index (Phi) is 4.66. The molecule has 3 nitrogen and oxygen atoms in total. The molecule has 3 aromatic carbocycles. The number of phenols is 2. The van der Waals surface area contributed by atoms with Gasteiger partial charge in [-0.05, 0) is 54.4 Å². The minimum Gasteiger partial charge on any atom is -0.507 e. The lowest BCUT2D eigenvalue weighted by Crippen LogP contribution is -1.97. The summed E-state index contributed by atoms with van der Waals surface area (Å²) < 4.78 is 5.21. The highest BCUT2D eigenvalue weighted by atomic mass is 16.5. The van der Waals surface area contributed by atoms with Crippen LogP contribution in [0.3, 0.4) is 0 Å². The maximum atomic E-state index is 10.3. The Morgan fingerprint density at radius 3 is 1.96 bits per heavy atom. The molecule has 1 unspecified atom stereocenters. The summed E-state index contributed by atoms with van der Waals surface area (Å²) in [6, 6.07) is 18.9. The third-order valence-electron chi connectivity index (χ3n) is 4.58.